The van der Waals surface area contributed by atoms with Gasteiger partial charge in [0.25, 0.3) is 0 Å². The smallest absolute Gasteiger partial charge is 0.241 e. The fraction of sp³-hybridized carbons (Fsp3) is 0.684. The quantitative estimate of drug-likeness (QED) is 0.861. The lowest BCUT2D eigenvalue weighted by Gasteiger charge is -2.33. The van der Waals surface area contributed by atoms with Gasteiger partial charge in [-0.3, -0.25) is 4.90 Å². The Morgan fingerprint density at radius 2 is 1.96 bits per heavy atom. The molecular weight excluding hydrogens is 352 g/mol. The summed E-state index contributed by atoms with van der Waals surface area (Å²) in [5.74, 6) is 0.808. The number of sulfonamides is 1. The second kappa shape index (κ2) is 7.11. The van der Waals surface area contributed by atoms with Crippen LogP contribution >= 0.6 is 0 Å². The van der Waals surface area contributed by atoms with Gasteiger partial charge in [0.05, 0.1) is 24.7 Å². The first-order valence-electron chi connectivity index (χ1n) is 9.54. The molecule has 7 heteroatoms. The van der Waals surface area contributed by atoms with E-state index in [1.165, 1.54) is 0 Å². The summed E-state index contributed by atoms with van der Waals surface area (Å²) in [5.41, 5.74) is 2.00. The van der Waals surface area contributed by atoms with Crippen molar-refractivity contribution in [3.63, 3.8) is 0 Å². The van der Waals surface area contributed by atoms with Gasteiger partial charge in [-0.05, 0) is 62.3 Å². The monoisotopic (exact) mass is 380 g/mol. The summed E-state index contributed by atoms with van der Waals surface area (Å²) in [6.07, 6.45) is 4.82. The first-order valence-corrected chi connectivity index (χ1v) is 11.0. The normalized spacial score (nSPS) is 29.2. The highest BCUT2D eigenvalue weighted by atomic mass is 32.2. The Balaban J connectivity index is 1.56. The van der Waals surface area contributed by atoms with Crippen molar-refractivity contribution in [2.75, 3.05) is 26.8 Å². The zero-order chi connectivity index (χ0) is 18.3. The summed E-state index contributed by atoms with van der Waals surface area (Å²) in [5, 5.41) is 0. The molecule has 2 fully saturated rings. The molecule has 3 aliphatic rings. The van der Waals surface area contributed by atoms with Crippen LogP contribution in [-0.2, 0) is 27.6 Å². The number of nitrogens with one attached hydrogen (secondary N) is 1. The number of ether oxygens (including phenoxy) is 2. The molecule has 0 bridgehead atoms. The molecule has 1 aliphatic carbocycles. The van der Waals surface area contributed by atoms with Crippen LogP contribution in [0.5, 0.6) is 5.75 Å². The van der Waals surface area contributed by atoms with E-state index >= 15 is 0 Å². The summed E-state index contributed by atoms with van der Waals surface area (Å²) >= 11 is 0. The average molecular weight is 381 g/mol. The van der Waals surface area contributed by atoms with Gasteiger partial charge in [0, 0.05) is 25.2 Å². The molecule has 0 amide bonds. The minimum absolute atomic E-state index is 0.0553. The third-order valence-electron chi connectivity index (χ3n) is 5.87. The first-order chi connectivity index (χ1) is 12.5. The number of rotatable bonds is 4. The third kappa shape index (κ3) is 3.38. The summed E-state index contributed by atoms with van der Waals surface area (Å²) in [4.78, 5) is 2.78. The standard InChI is InChI=1S/C19H28N2O4S/c1-13-10-21-11-14(9-15(21)12-25-13)20-26(22,23)19-8-7-18(24-2)16-5-3-4-6-17(16)19/h7-8,13-15,20H,3-6,9-12H2,1-2H3/t13-,14+,15+/m1/s1. The van der Waals surface area contributed by atoms with Gasteiger partial charge in [0.1, 0.15) is 5.75 Å². The number of hydrogen-bond donors (Lipinski definition) is 1. The molecule has 0 radical (unpaired) electrons. The molecule has 1 N–H and O–H groups in total. The molecule has 0 unspecified atom stereocenters. The van der Waals surface area contributed by atoms with Crippen LogP contribution in [0.4, 0.5) is 0 Å². The van der Waals surface area contributed by atoms with Gasteiger partial charge in [0.2, 0.25) is 10.0 Å². The zero-order valence-corrected chi connectivity index (χ0v) is 16.3. The summed E-state index contributed by atoms with van der Waals surface area (Å²) in [6.45, 7) is 4.39. The maximum Gasteiger partial charge on any atom is 0.241 e. The van der Waals surface area contributed by atoms with E-state index in [2.05, 4.69) is 16.5 Å². The molecule has 6 nitrogen and oxygen atoms in total. The Hall–Kier alpha value is -1.15. The Kier molecular flexibility index (Phi) is 4.98. The topological polar surface area (TPSA) is 67.9 Å². The molecule has 144 valence electrons. The number of benzene rings is 1. The van der Waals surface area contributed by atoms with E-state index in [0.29, 0.717) is 17.5 Å². The molecule has 0 aromatic heterocycles. The predicted octanol–water partition coefficient (Wildman–Crippen LogP) is 1.71. The minimum Gasteiger partial charge on any atom is -0.496 e. The van der Waals surface area contributed by atoms with Crippen LogP contribution in [0.15, 0.2) is 17.0 Å². The van der Waals surface area contributed by atoms with Crippen LogP contribution in [-0.4, -0.2) is 58.3 Å². The van der Waals surface area contributed by atoms with Crippen molar-refractivity contribution in [3.8, 4) is 5.75 Å². The molecule has 4 rings (SSSR count). The maximum absolute atomic E-state index is 13.1. The number of hydrogen-bond acceptors (Lipinski definition) is 5. The Labute approximate surface area is 155 Å². The fourth-order valence-corrected chi connectivity index (χ4v) is 6.19. The lowest BCUT2D eigenvalue weighted by Crippen LogP contribution is -2.45. The van der Waals surface area contributed by atoms with Crippen LogP contribution in [0.3, 0.4) is 0 Å². The average Bonchev–Trinajstić information content (AvgIpc) is 3.01. The van der Waals surface area contributed by atoms with Gasteiger partial charge in [-0.2, -0.15) is 0 Å². The van der Waals surface area contributed by atoms with Crippen molar-refractivity contribution in [3.05, 3.63) is 23.3 Å². The second-order valence-corrected chi connectivity index (χ2v) is 9.42. The molecule has 1 aromatic rings. The highest BCUT2D eigenvalue weighted by molar-refractivity contribution is 7.89. The van der Waals surface area contributed by atoms with Crippen molar-refractivity contribution in [1.29, 1.82) is 0 Å². The van der Waals surface area contributed by atoms with E-state index in [1.807, 2.05) is 0 Å². The van der Waals surface area contributed by atoms with Crippen LogP contribution in [0.2, 0.25) is 0 Å². The van der Waals surface area contributed by atoms with Crippen molar-refractivity contribution >= 4 is 10.0 Å². The van der Waals surface area contributed by atoms with Crippen LogP contribution in [0, 0.1) is 0 Å². The number of methoxy groups -OCH3 is 1. The van der Waals surface area contributed by atoms with Gasteiger partial charge < -0.3 is 9.47 Å². The molecular formula is C19H28N2O4S. The summed E-state index contributed by atoms with van der Waals surface area (Å²) in [6, 6.07) is 3.77. The van der Waals surface area contributed by atoms with Gasteiger partial charge in [0.15, 0.2) is 0 Å². The molecule has 0 spiro atoms. The highest BCUT2D eigenvalue weighted by Gasteiger charge is 2.38. The van der Waals surface area contributed by atoms with E-state index < -0.39 is 10.0 Å². The number of nitrogens with zero attached hydrogens (tertiary/aromatic N) is 1. The van der Waals surface area contributed by atoms with Gasteiger partial charge in [-0.15, -0.1) is 0 Å². The highest BCUT2D eigenvalue weighted by Crippen LogP contribution is 2.34. The van der Waals surface area contributed by atoms with Crippen LogP contribution in [0.1, 0.15) is 37.3 Å². The zero-order valence-electron chi connectivity index (χ0n) is 15.5. The van der Waals surface area contributed by atoms with Crippen LogP contribution < -0.4 is 9.46 Å². The minimum atomic E-state index is -3.54. The number of fused-ring (bicyclic) bond motifs is 2. The van der Waals surface area contributed by atoms with Gasteiger partial charge in [-0.1, -0.05) is 0 Å². The molecule has 0 saturated carbocycles. The lowest BCUT2D eigenvalue weighted by atomic mass is 9.91. The molecule has 1 aromatic carbocycles. The van der Waals surface area contributed by atoms with E-state index in [1.54, 1.807) is 19.2 Å². The van der Waals surface area contributed by atoms with Crippen molar-refractivity contribution in [1.82, 2.24) is 9.62 Å². The molecule has 26 heavy (non-hydrogen) atoms. The van der Waals surface area contributed by atoms with Crippen molar-refractivity contribution in [2.24, 2.45) is 0 Å². The van der Waals surface area contributed by atoms with Crippen LogP contribution in [0.25, 0.3) is 0 Å². The Morgan fingerprint density at radius 3 is 2.73 bits per heavy atom. The largest absolute Gasteiger partial charge is 0.496 e. The number of morpholine rings is 1. The SMILES string of the molecule is COc1ccc(S(=O)(=O)N[C@H]2C[C@H]3CO[C@H](C)CN3C2)c2c1CCCC2. The lowest BCUT2D eigenvalue weighted by molar-refractivity contribution is -0.0390. The van der Waals surface area contributed by atoms with Crippen molar-refractivity contribution < 1.29 is 17.9 Å². The molecule has 2 aliphatic heterocycles. The third-order valence-corrected chi connectivity index (χ3v) is 7.48. The van der Waals surface area contributed by atoms with Gasteiger partial charge in [-0.25, -0.2) is 13.1 Å². The summed E-state index contributed by atoms with van der Waals surface area (Å²) in [7, 11) is -1.89. The maximum atomic E-state index is 13.1. The van der Waals surface area contributed by atoms with Crippen molar-refractivity contribution in [2.45, 2.75) is 62.1 Å². The first kappa shape index (κ1) is 18.2. The Bertz CT molecular complexity index is 780. The van der Waals surface area contributed by atoms with E-state index in [9.17, 15) is 8.42 Å². The van der Waals surface area contributed by atoms with E-state index in [-0.39, 0.29) is 12.1 Å². The fourth-order valence-electron chi connectivity index (χ4n) is 4.65. The van der Waals surface area contributed by atoms with Gasteiger partial charge >= 0.3 is 0 Å². The van der Waals surface area contributed by atoms with E-state index in [4.69, 9.17) is 9.47 Å². The van der Waals surface area contributed by atoms with E-state index in [0.717, 1.165) is 62.1 Å². The molecule has 3 atom stereocenters. The Morgan fingerprint density at radius 1 is 1.19 bits per heavy atom. The predicted molar refractivity (Wildman–Crippen MR) is 99.1 cm³/mol. The summed E-state index contributed by atoms with van der Waals surface area (Å²) < 4.78 is 40.4. The molecule has 2 saturated heterocycles. The second-order valence-electron chi connectivity index (χ2n) is 7.74. The molecule has 2 heterocycles.